The Morgan fingerprint density at radius 3 is 2.57 bits per heavy atom. The summed E-state index contributed by atoms with van der Waals surface area (Å²) in [5, 5.41) is 14.7. The van der Waals surface area contributed by atoms with Gasteiger partial charge >= 0.3 is 5.97 Å². The summed E-state index contributed by atoms with van der Waals surface area (Å²) < 4.78 is 32.2. The van der Waals surface area contributed by atoms with E-state index < -0.39 is 45.0 Å². The van der Waals surface area contributed by atoms with E-state index in [2.05, 4.69) is 10.3 Å². The number of aliphatic carboxylic acids is 1. The molecule has 3 aromatic carbocycles. The van der Waals surface area contributed by atoms with E-state index in [1.807, 2.05) is 6.07 Å². The van der Waals surface area contributed by atoms with Crippen LogP contribution in [0.3, 0.4) is 0 Å². The average Bonchev–Trinajstić information content (AvgIpc) is 3.45. The van der Waals surface area contributed by atoms with Crippen molar-refractivity contribution in [3.05, 3.63) is 89.1 Å². The number of ether oxygens (including phenoxy) is 1. The van der Waals surface area contributed by atoms with Gasteiger partial charge in [-0.1, -0.05) is 35.9 Å². The van der Waals surface area contributed by atoms with Gasteiger partial charge in [-0.3, -0.25) is 9.59 Å². The maximum absolute atomic E-state index is 14.6. The van der Waals surface area contributed by atoms with Gasteiger partial charge in [0.05, 0.1) is 34.2 Å². The number of amides is 1. The highest BCUT2D eigenvalue weighted by atomic mass is 35.5. The van der Waals surface area contributed by atoms with Crippen molar-refractivity contribution in [3.63, 3.8) is 0 Å². The number of nitrogens with one attached hydrogen (secondary N) is 1. The number of sulfone groups is 1. The first kappa shape index (κ1) is 31.1. The monoisotopic (exact) mass is 636 g/mol. The summed E-state index contributed by atoms with van der Waals surface area (Å²) in [6.07, 6.45) is 1.75. The van der Waals surface area contributed by atoms with Crippen molar-refractivity contribution in [1.82, 2.24) is 9.88 Å². The lowest BCUT2D eigenvalue weighted by atomic mass is 9.93. The van der Waals surface area contributed by atoms with E-state index in [1.54, 1.807) is 74.6 Å². The summed E-state index contributed by atoms with van der Waals surface area (Å²) in [7, 11) is -2.33. The second-order valence-electron chi connectivity index (χ2n) is 10.9. The fraction of sp³-hybridized carbons (Fsp3) is 0.281. The number of fused-ring (bicyclic) bond motifs is 1. The first-order valence-corrected chi connectivity index (χ1v) is 16.0. The van der Waals surface area contributed by atoms with Gasteiger partial charge in [0.1, 0.15) is 17.6 Å². The summed E-state index contributed by atoms with van der Waals surface area (Å²) in [4.78, 5) is 32.7. The summed E-state index contributed by atoms with van der Waals surface area (Å²) in [5.74, 6) is -1.83. The van der Waals surface area contributed by atoms with E-state index in [-0.39, 0.29) is 23.4 Å². The lowest BCUT2D eigenvalue weighted by Gasteiger charge is -2.33. The summed E-state index contributed by atoms with van der Waals surface area (Å²) in [5.41, 5.74) is 7.43. The van der Waals surface area contributed by atoms with Gasteiger partial charge in [0.25, 0.3) is 0 Å². The minimum absolute atomic E-state index is 0.0179. The van der Waals surface area contributed by atoms with Gasteiger partial charge < -0.3 is 25.8 Å². The molecule has 0 aliphatic carbocycles. The molecule has 44 heavy (non-hydrogen) atoms. The van der Waals surface area contributed by atoms with Crippen LogP contribution in [0.15, 0.2) is 77.8 Å². The number of benzene rings is 3. The van der Waals surface area contributed by atoms with Crippen molar-refractivity contribution < 1.29 is 27.9 Å². The van der Waals surface area contributed by atoms with E-state index >= 15 is 0 Å². The predicted octanol–water partition coefficient (Wildman–Crippen LogP) is 5.49. The SMILES string of the molecule is COc1cc([C@H](Nc2ccc3c(N)nccc3c2)C(=O)N2CC[C@H](C(=O)O)[C@@H]2c2ccccc2S(=O)(=O)C(C)C)ccc1Cl. The minimum atomic E-state index is -3.80. The Labute approximate surface area is 260 Å². The number of likely N-dealkylation sites (tertiary alicyclic amines) is 1. The lowest BCUT2D eigenvalue weighted by molar-refractivity contribution is -0.143. The number of carboxylic acids is 1. The molecule has 10 nitrogen and oxygen atoms in total. The van der Waals surface area contributed by atoms with Crippen LogP contribution < -0.4 is 15.8 Å². The van der Waals surface area contributed by atoms with Crippen molar-refractivity contribution in [2.75, 3.05) is 24.7 Å². The Kier molecular flexibility index (Phi) is 8.71. The number of methoxy groups -OCH3 is 1. The van der Waals surface area contributed by atoms with Crippen LogP contribution in [0.4, 0.5) is 11.5 Å². The number of pyridine rings is 1. The number of hydrogen-bond donors (Lipinski definition) is 3. The van der Waals surface area contributed by atoms with Gasteiger partial charge in [0.15, 0.2) is 9.84 Å². The molecule has 2 heterocycles. The molecule has 0 bridgehead atoms. The highest BCUT2D eigenvalue weighted by Crippen LogP contribution is 2.43. The Bertz CT molecular complexity index is 1850. The lowest BCUT2D eigenvalue weighted by Crippen LogP contribution is -2.40. The van der Waals surface area contributed by atoms with Crippen molar-refractivity contribution in [2.24, 2.45) is 5.92 Å². The summed E-state index contributed by atoms with van der Waals surface area (Å²) in [6, 6.07) is 16.5. The van der Waals surface area contributed by atoms with Crippen LogP contribution in [0.5, 0.6) is 5.75 Å². The number of carbonyl (C=O) groups excluding carboxylic acids is 1. The second kappa shape index (κ2) is 12.3. The van der Waals surface area contributed by atoms with E-state index in [1.165, 1.54) is 18.1 Å². The molecule has 4 N–H and O–H groups in total. The maximum Gasteiger partial charge on any atom is 0.309 e. The van der Waals surface area contributed by atoms with E-state index in [4.69, 9.17) is 22.1 Å². The van der Waals surface area contributed by atoms with Gasteiger partial charge in [-0.15, -0.1) is 0 Å². The molecule has 230 valence electrons. The molecule has 0 saturated carbocycles. The normalized spacial score (nSPS) is 17.5. The Hall–Kier alpha value is -4.35. The number of nitrogens with zero attached hydrogens (tertiary/aromatic N) is 2. The van der Waals surface area contributed by atoms with Crippen molar-refractivity contribution >= 4 is 55.6 Å². The fourth-order valence-corrected chi connectivity index (χ4v) is 7.18. The van der Waals surface area contributed by atoms with E-state index in [0.717, 1.165) is 10.8 Å². The molecule has 1 aliphatic heterocycles. The van der Waals surface area contributed by atoms with Crippen LogP contribution in [-0.2, 0) is 19.4 Å². The van der Waals surface area contributed by atoms with Crippen molar-refractivity contribution in [1.29, 1.82) is 0 Å². The molecule has 1 amide bonds. The molecule has 5 rings (SSSR count). The molecular formula is C32H33ClN4O6S. The van der Waals surface area contributed by atoms with Crippen LogP contribution in [0, 0.1) is 5.92 Å². The van der Waals surface area contributed by atoms with Gasteiger partial charge in [0, 0.05) is 23.8 Å². The van der Waals surface area contributed by atoms with Crippen molar-refractivity contribution in [2.45, 2.75) is 42.5 Å². The number of nitrogens with two attached hydrogens (primary N) is 1. The molecule has 4 aromatic rings. The van der Waals surface area contributed by atoms with E-state index in [9.17, 15) is 23.1 Å². The zero-order chi connectivity index (χ0) is 31.8. The first-order valence-electron chi connectivity index (χ1n) is 14.0. The molecule has 0 radical (unpaired) electrons. The molecule has 0 unspecified atom stereocenters. The van der Waals surface area contributed by atoms with Crippen LogP contribution in [0.25, 0.3) is 10.8 Å². The molecule has 3 atom stereocenters. The zero-order valence-corrected chi connectivity index (χ0v) is 26.0. The topological polar surface area (TPSA) is 152 Å². The molecule has 1 saturated heterocycles. The Morgan fingerprint density at radius 2 is 1.86 bits per heavy atom. The first-order chi connectivity index (χ1) is 20.9. The maximum atomic E-state index is 14.6. The molecular weight excluding hydrogens is 604 g/mol. The van der Waals surface area contributed by atoms with Crippen LogP contribution >= 0.6 is 11.6 Å². The van der Waals surface area contributed by atoms with Crippen molar-refractivity contribution in [3.8, 4) is 5.75 Å². The summed E-state index contributed by atoms with van der Waals surface area (Å²) in [6.45, 7) is 3.25. The van der Waals surface area contributed by atoms with E-state index in [0.29, 0.717) is 27.8 Å². The third kappa shape index (κ3) is 5.77. The highest BCUT2D eigenvalue weighted by molar-refractivity contribution is 7.92. The number of carbonyl (C=O) groups is 2. The van der Waals surface area contributed by atoms with Crippen LogP contribution in [0.1, 0.15) is 43.5 Å². The third-order valence-electron chi connectivity index (χ3n) is 8.02. The highest BCUT2D eigenvalue weighted by Gasteiger charge is 2.46. The molecule has 1 aromatic heterocycles. The number of rotatable bonds is 9. The van der Waals surface area contributed by atoms with Gasteiger partial charge in [0.2, 0.25) is 5.91 Å². The van der Waals surface area contributed by atoms with Gasteiger partial charge in [-0.2, -0.15) is 0 Å². The average molecular weight is 637 g/mol. The van der Waals surface area contributed by atoms with Crippen LogP contribution in [0.2, 0.25) is 5.02 Å². The minimum Gasteiger partial charge on any atom is -0.495 e. The largest absolute Gasteiger partial charge is 0.495 e. The zero-order valence-electron chi connectivity index (χ0n) is 24.4. The Morgan fingerprint density at radius 1 is 1.11 bits per heavy atom. The fourth-order valence-electron chi connectivity index (χ4n) is 5.69. The number of halogens is 1. The number of anilines is 2. The van der Waals surface area contributed by atoms with Crippen LogP contribution in [-0.4, -0.2) is 54.2 Å². The quantitative estimate of drug-likeness (QED) is 0.217. The van der Waals surface area contributed by atoms with Gasteiger partial charge in [-0.05, 0) is 79.2 Å². The Balaban J connectivity index is 1.63. The molecule has 12 heteroatoms. The van der Waals surface area contributed by atoms with Gasteiger partial charge in [-0.25, -0.2) is 13.4 Å². The third-order valence-corrected chi connectivity index (χ3v) is 10.6. The predicted molar refractivity (Wildman–Crippen MR) is 169 cm³/mol. The number of carboxylic acid groups (broad SMARTS) is 1. The smallest absolute Gasteiger partial charge is 0.309 e. The second-order valence-corrected chi connectivity index (χ2v) is 13.8. The molecule has 0 spiro atoms. The number of hydrogen-bond acceptors (Lipinski definition) is 8. The summed E-state index contributed by atoms with van der Waals surface area (Å²) >= 11 is 6.31. The molecule has 1 fully saturated rings. The number of aromatic nitrogens is 1. The molecule has 1 aliphatic rings. The number of nitrogen functional groups attached to an aromatic ring is 1. The standard InChI is InChI=1S/C32H33ClN4O6S/c1-18(2)44(41,42)27-7-5-4-6-23(27)29-24(32(39)40)13-15-37(29)31(38)28(20-8-11-25(33)26(17-20)43-3)36-21-9-10-22-19(16-21)12-14-35-30(22)34/h4-12,14,16-18,24,28-29,36H,13,15H2,1-3H3,(H2,34,35)(H,39,40)/t24-,28-,29-/m0/s1.